The molecule has 10 heavy (non-hydrogen) atoms. The molecule has 0 heterocycles. The number of rotatable bonds is 6. The molecule has 0 amide bonds. The number of unbranched alkanes of at least 4 members (excludes halogenated alkanes) is 2. The molecule has 0 aromatic heterocycles. The topological polar surface area (TPSA) is 3.24 Å². The zero-order valence-electron chi connectivity index (χ0n) is 7.07. The Bertz CT molecular complexity index is 66.3. The molecule has 0 aliphatic rings. The summed E-state index contributed by atoms with van der Waals surface area (Å²) < 4.78 is 0. The van der Waals surface area contributed by atoms with Gasteiger partial charge in [-0.25, -0.2) is 0 Å². The van der Waals surface area contributed by atoms with Crippen molar-refractivity contribution in [2.24, 2.45) is 0 Å². The minimum absolute atomic E-state index is 1.09. The molecule has 0 aromatic rings. The Morgan fingerprint density at radius 2 is 1.90 bits per heavy atom. The van der Waals surface area contributed by atoms with Crippen LogP contribution in [0.3, 0.4) is 0 Å². The van der Waals surface area contributed by atoms with Gasteiger partial charge in [0.25, 0.3) is 0 Å². The minimum atomic E-state index is 1.09. The van der Waals surface area contributed by atoms with Gasteiger partial charge < -0.3 is 4.90 Å². The van der Waals surface area contributed by atoms with Crippen molar-refractivity contribution in [2.45, 2.75) is 26.2 Å². The second-order valence-corrected chi connectivity index (χ2v) is 3.49. The fourth-order valence-corrected chi connectivity index (χ4v) is 1.49. The number of alkyl halides is 1. The number of nitrogens with zero attached hydrogens (tertiary/aromatic N) is 1. The molecule has 0 rings (SSSR count). The highest BCUT2D eigenvalue weighted by molar-refractivity contribution is 9.09. The second-order valence-electron chi connectivity index (χ2n) is 2.70. The highest BCUT2D eigenvalue weighted by atomic mass is 79.9. The van der Waals surface area contributed by atoms with Crippen LogP contribution in [0.4, 0.5) is 0 Å². The van der Waals surface area contributed by atoms with Crippen molar-refractivity contribution in [1.29, 1.82) is 0 Å². The average molecular weight is 208 g/mol. The van der Waals surface area contributed by atoms with Gasteiger partial charge in [0.1, 0.15) is 0 Å². The monoisotopic (exact) mass is 207 g/mol. The molecular formula is C8H18BrN. The third-order valence-corrected chi connectivity index (χ3v) is 1.96. The molecule has 0 spiro atoms. The van der Waals surface area contributed by atoms with E-state index in [4.69, 9.17) is 0 Å². The molecule has 0 N–H and O–H groups in total. The van der Waals surface area contributed by atoms with Gasteiger partial charge in [-0.05, 0) is 20.0 Å². The normalized spacial score (nSPS) is 10.8. The summed E-state index contributed by atoms with van der Waals surface area (Å²) in [5, 5.41) is 1.09. The van der Waals surface area contributed by atoms with Crippen LogP contribution in [0.2, 0.25) is 0 Å². The summed E-state index contributed by atoms with van der Waals surface area (Å²) in [6.07, 6.45) is 4.04. The minimum Gasteiger partial charge on any atom is -0.306 e. The zero-order valence-corrected chi connectivity index (χ0v) is 8.65. The first-order valence-electron chi connectivity index (χ1n) is 4.05. The van der Waals surface area contributed by atoms with Gasteiger partial charge in [-0.2, -0.15) is 0 Å². The summed E-state index contributed by atoms with van der Waals surface area (Å²) in [7, 11) is 2.18. The second kappa shape index (κ2) is 7.55. The van der Waals surface area contributed by atoms with Gasteiger partial charge in [0.2, 0.25) is 0 Å². The molecule has 0 radical (unpaired) electrons. The van der Waals surface area contributed by atoms with Crippen molar-refractivity contribution in [3.05, 3.63) is 0 Å². The van der Waals surface area contributed by atoms with Crippen LogP contribution in [-0.4, -0.2) is 30.4 Å². The molecule has 1 nitrogen and oxygen atoms in total. The lowest BCUT2D eigenvalue weighted by Gasteiger charge is -2.13. The molecule has 0 aromatic carbocycles. The SMILES string of the molecule is CCCCCN(C)CCBr. The lowest BCUT2D eigenvalue weighted by atomic mass is 10.2. The lowest BCUT2D eigenvalue weighted by Crippen LogP contribution is -2.21. The van der Waals surface area contributed by atoms with Crippen LogP contribution in [-0.2, 0) is 0 Å². The molecule has 0 aliphatic heterocycles. The van der Waals surface area contributed by atoms with E-state index in [-0.39, 0.29) is 0 Å². The van der Waals surface area contributed by atoms with Crippen molar-refractivity contribution >= 4 is 15.9 Å². The number of halogens is 1. The van der Waals surface area contributed by atoms with Gasteiger partial charge in [0.05, 0.1) is 0 Å². The van der Waals surface area contributed by atoms with Crippen molar-refractivity contribution < 1.29 is 0 Å². The Hall–Kier alpha value is 0.440. The van der Waals surface area contributed by atoms with E-state index in [1.54, 1.807) is 0 Å². The van der Waals surface area contributed by atoms with Crippen LogP contribution in [0.25, 0.3) is 0 Å². The Morgan fingerprint density at radius 3 is 2.40 bits per heavy atom. The lowest BCUT2D eigenvalue weighted by molar-refractivity contribution is 0.346. The molecule has 0 saturated heterocycles. The van der Waals surface area contributed by atoms with Gasteiger partial charge in [-0.15, -0.1) is 0 Å². The number of hydrogen-bond donors (Lipinski definition) is 0. The summed E-state index contributed by atoms with van der Waals surface area (Å²) in [4.78, 5) is 2.37. The summed E-state index contributed by atoms with van der Waals surface area (Å²) in [6, 6.07) is 0. The molecule has 0 bridgehead atoms. The first-order valence-corrected chi connectivity index (χ1v) is 5.18. The van der Waals surface area contributed by atoms with Crippen molar-refractivity contribution in [3.8, 4) is 0 Å². The highest BCUT2D eigenvalue weighted by Gasteiger charge is 1.94. The molecule has 62 valence electrons. The van der Waals surface area contributed by atoms with E-state index in [2.05, 4.69) is 34.8 Å². The van der Waals surface area contributed by atoms with E-state index in [1.165, 1.54) is 32.4 Å². The molecule has 0 fully saturated rings. The molecule has 0 saturated carbocycles. The third kappa shape index (κ3) is 6.56. The van der Waals surface area contributed by atoms with Gasteiger partial charge >= 0.3 is 0 Å². The third-order valence-electron chi connectivity index (χ3n) is 1.61. The van der Waals surface area contributed by atoms with Gasteiger partial charge in [-0.1, -0.05) is 35.7 Å². The van der Waals surface area contributed by atoms with Gasteiger partial charge in [0.15, 0.2) is 0 Å². The maximum absolute atomic E-state index is 3.42. The first-order chi connectivity index (χ1) is 4.81. The largest absolute Gasteiger partial charge is 0.306 e. The summed E-state index contributed by atoms with van der Waals surface area (Å²) in [5.74, 6) is 0. The van der Waals surface area contributed by atoms with E-state index >= 15 is 0 Å². The Labute approximate surface area is 72.9 Å². The van der Waals surface area contributed by atoms with Crippen molar-refractivity contribution in [1.82, 2.24) is 4.90 Å². The van der Waals surface area contributed by atoms with Crippen LogP contribution in [0.1, 0.15) is 26.2 Å². The van der Waals surface area contributed by atoms with Crippen molar-refractivity contribution in [3.63, 3.8) is 0 Å². The fourth-order valence-electron chi connectivity index (χ4n) is 0.888. The molecular weight excluding hydrogens is 190 g/mol. The molecule has 0 atom stereocenters. The van der Waals surface area contributed by atoms with Crippen LogP contribution in [0, 0.1) is 0 Å². The smallest absolute Gasteiger partial charge is 0.0159 e. The summed E-state index contributed by atoms with van der Waals surface area (Å²) >= 11 is 3.42. The van der Waals surface area contributed by atoms with Crippen molar-refractivity contribution in [2.75, 3.05) is 25.5 Å². The quantitative estimate of drug-likeness (QED) is 0.478. The number of hydrogen-bond acceptors (Lipinski definition) is 1. The van der Waals surface area contributed by atoms with Gasteiger partial charge in [-0.3, -0.25) is 0 Å². The van der Waals surface area contributed by atoms with Crippen LogP contribution < -0.4 is 0 Å². The van der Waals surface area contributed by atoms with E-state index in [1.807, 2.05) is 0 Å². The predicted molar refractivity (Wildman–Crippen MR) is 50.8 cm³/mol. The van der Waals surface area contributed by atoms with Crippen LogP contribution in [0.5, 0.6) is 0 Å². The first kappa shape index (κ1) is 10.4. The summed E-state index contributed by atoms with van der Waals surface area (Å²) in [6.45, 7) is 4.66. The van der Waals surface area contributed by atoms with Gasteiger partial charge in [0, 0.05) is 11.9 Å². The summed E-state index contributed by atoms with van der Waals surface area (Å²) in [5.41, 5.74) is 0. The highest BCUT2D eigenvalue weighted by Crippen LogP contribution is 1.96. The average Bonchev–Trinajstić information content (AvgIpc) is 1.89. The van der Waals surface area contributed by atoms with E-state index in [9.17, 15) is 0 Å². The fraction of sp³-hybridized carbons (Fsp3) is 1.00. The van der Waals surface area contributed by atoms with Crippen LogP contribution >= 0.6 is 15.9 Å². The van der Waals surface area contributed by atoms with E-state index in [0.29, 0.717) is 0 Å². The van der Waals surface area contributed by atoms with E-state index in [0.717, 1.165) is 5.33 Å². The standard InChI is InChI=1S/C8H18BrN/c1-3-4-5-7-10(2)8-6-9/h3-8H2,1-2H3. The zero-order chi connectivity index (χ0) is 7.82. The molecule has 0 unspecified atom stereocenters. The Balaban J connectivity index is 2.97. The maximum atomic E-state index is 3.42. The molecule has 0 aliphatic carbocycles. The maximum Gasteiger partial charge on any atom is 0.0159 e. The Kier molecular flexibility index (Phi) is 7.88. The van der Waals surface area contributed by atoms with E-state index < -0.39 is 0 Å². The van der Waals surface area contributed by atoms with Crippen LogP contribution in [0.15, 0.2) is 0 Å². The Morgan fingerprint density at radius 1 is 1.20 bits per heavy atom. The predicted octanol–water partition coefficient (Wildman–Crippen LogP) is 2.50. The molecule has 2 heteroatoms.